The van der Waals surface area contributed by atoms with Crippen molar-refractivity contribution in [2.24, 2.45) is 0 Å². The van der Waals surface area contributed by atoms with Gasteiger partial charge in [0, 0.05) is 4.47 Å². The maximum Gasteiger partial charge on any atom is 0.161 e. The minimum absolute atomic E-state index is 0.0447. The predicted molar refractivity (Wildman–Crippen MR) is 81.5 cm³/mol. The van der Waals surface area contributed by atoms with E-state index in [2.05, 4.69) is 31.9 Å². The highest BCUT2D eigenvalue weighted by atomic mass is 79.9. The average Bonchev–Trinajstić information content (AvgIpc) is 2.83. The van der Waals surface area contributed by atoms with Crippen molar-refractivity contribution >= 4 is 31.9 Å². The molecule has 1 aromatic carbocycles. The number of ether oxygens (including phenoxy) is 2. The number of hydrogen-bond acceptors (Lipinski definition) is 3. The number of alkyl halides is 1. The Bertz CT molecular complexity index is 578. The Morgan fingerprint density at radius 1 is 1.16 bits per heavy atom. The zero-order chi connectivity index (χ0) is 14.0. The number of halogens is 2. The monoisotopic (exact) mass is 388 g/mol. The molecule has 0 bridgehead atoms. The van der Waals surface area contributed by atoms with Gasteiger partial charge in [0.05, 0.1) is 25.3 Å². The lowest BCUT2D eigenvalue weighted by molar-refractivity contribution is 0.354. The fourth-order valence-electron chi connectivity index (χ4n) is 1.85. The van der Waals surface area contributed by atoms with Crippen molar-refractivity contribution in [1.82, 2.24) is 0 Å². The van der Waals surface area contributed by atoms with Gasteiger partial charge in [0.1, 0.15) is 5.76 Å². The molecule has 0 aliphatic carbocycles. The normalized spacial score (nSPS) is 12.3. The van der Waals surface area contributed by atoms with Crippen LogP contribution < -0.4 is 9.47 Å². The Morgan fingerprint density at radius 2 is 1.79 bits per heavy atom. The van der Waals surface area contributed by atoms with Crippen LogP contribution in [0.2, 0.25) is 0 Å². The van der Waals surface area contributed by atoms with Gasteiger partial charge in [-0.2, -0.15) is 0 Å². The van der Waals surface area contributed by atoms with Crippen LogP contribution >= 0.6 is 31.9 Å². The molecular weight excluding hydrogens is 376 g/mol. The number of benzene rings is 1. The van der Waals surface area contributed by atoms with Crippen LogP contribution in [-0.4, -0.2) is 14.2 Å². The second kappa shape index (κ2) is 6.01. The maximum absolute atomic E-state index is 5.53. The van der Waals surface area contributed by atoms with E-state index in [1.54, 1.807) is 20.5 Å². The number of methoxy groups -OCH3 is 2. The summed E-state index contributed by atoms with van der Waals surface area (Å²) in [6.45, 7) is 2.02. The van der Waals surface area contributed by atoms with E-state index in [9.17, 15) is 0 Å². The molecule has 0 fully saturated rings. The first-order chi connectivity index (χ1) is 9.08. The van der Waals surface area contributed by atoms with Crippen molar-refractivity contribution in [2.45, 2.75) is 11.8 Å². The van der Waals surface area contributed by atoms with E-state index in [-0.39, 0.29) is 4.83 Å². The molecule has 1 heterocycles. The summed E-state index contributed by atoms with van der Waals surface area (Å²) < 4.78 is 17.1. The molecular formula is C14H14Br2O3. The molecule has 2 rings (SSSR count). The maximum atomic E-state index is 5.53. The van der Waals surface area contributed by atoms with Gasteiger partial charge < -0.3 is 13.9 Å². The molecule has 0 spiro atoms. The van der Waals surface area contributed by atoms with Crippen LogP contribution in [0.4, 0.5) is 0 Å². The van der Waals surface area contributed by atoms with Crippen LogP contribution in [-0.2, 0) is 0 Å². The number of aryl methyl sites for hydroxylation is 1. The molecule has 1 unspecified atom stereocenters. The minimum Gasteiger partial charge on any atom is -0.493 e. The molecule has 0 N–H and O–H groups in total. The van der Waals surface area contributed by atoms with Gasteiger partial charge in [-0.25, -0.2) is 0 Å². The van der Waals surface area contributed by atoms with E-state index in [0.29, 0.717) is 11.5 Å². The van der Waals surface area contributed by atoms with Crippen LogP contribution in [0.1, 0.15) is 21.7 Å². The Hall–Kier alpha value is -0.940. The fourth-order valence-corrected chi connectivity index (χ4v) is 3.56. The fraction of sp³-hybridized carbons (Fsp3) is 0.286. The first-order valence-corrected chi connectivity index (χ1v) is 7.38. The first kappa shape index (κ1) is 14.5. The van der Waals surface area contributed by atoms with Gasteiger partial charge in [-0.3, -0.25) is 0 Å². The smallest absolute Gasteiger partial charge is 0.161 e. The van der Waals surface area contributed by atoms with Gasteiger partial charge in [0.25, 0.3) is 0 Å². The summed E-state index contributed by atoms with van der Waals surface area (Å²) in [5, 5.41) is 0. The second-order valence-electron chi connectivity index (χ2n) is 4.06. The highest BCUT2D eigenvalue weighted by Crippen LogP contribution is 2.42. The van der Waals surface area contributed by atoms with E-state index in [4.69, 9.17) is 13.9 Å². The van der Waals surface area contributed by atoms with E-state index < -0.39 is 0 Å². The van der Waals surface area contributed by atoms with Crippen molar-refractivity contribution in [3.63, 3.8) is 0 Å². The molecule has 102 valence electrons. The highest BCUT2D eigenvalue weighted by molar-refractivity contribution is 9.11. The lowest BCUT2D eigenvalue weighted by Gasteiger charge is -2.15. The number of furan rings is 1. The van der Waals surface area contributed by atoms with Crippen molar-refractivity contribution in [3.8, 4) is 11.5 Å². The molecule has 1 aromatic heterocycles. The largest absolute Gasteiger partial charge is 0.493 e. The zero-order valence-electron chi connectivity index (χ0n) is 10.9. The quantitative estimate of drug-likeness (QED) is 0.700. The number of rotatable bonds is 4. The average molecular weight is 390 g/mol. The van der Waals surface area contributed by atoms with Crippen LogP contribution in [0.3, 0.4) is 0 Å². The summed E-state index contributed by atoms with van der Waals surface area (Å²) in [5.41, 5.74) is 2.12. The third-order valence-electron chi connectivity index (χ3n) is 2.91. The Labute approximate surface area is 129 Å². The van der Waals surface area contributed by atoms with Crippen LogP contribution in [0.15, 0.2) is 33.4 Å². The van der Waals surface area contributed by atoms with Gasteiger partial charge in [-0.1, -0.05) is 31.9 Å². The van der Waals surface area contributed by atoms with Crippen molar-refractivity contribution in [2.75, 3.05) is 14.2 Å². The van der Waals surface area contributed by atoms with Gasteiger partial charge in [0.2, 0.25) is 0 Å². The third-order valence-corrected chi connectivity index (χ3v) is 4.50. The standard InChI is InChI=1S/C14H14Br2O3/c1-8-4-5-19-14(8)13(16)9-6-11(17-2)12(18-3)7-10(9)15/h4-7,13H,1-3H3. The molecule has 2 aromatic rings. The first-order valence-electron chi connectivity index (χ1n) is 5.68. The van der Waals surface area contributed by atoms with Crippen molar-refractivity contribution in [1.29, 1.82) is 0 Å². The third kappa shape index (κ3) is 2.82. The SMILES string of the molecule is COc1cc(Br)c(C(Br)c2occc2C)cc1OC. The van der Waals surface area contributed by atoms with Crippen LogP contribution in [0.25, 0.3) is 0 Å². The molecule has 0 saturated heterocycles. The molecule has 0 radical (unpaired) electrons. The summed E-state index contributed by atoms with van der Waals surface area (Å²) in [5.74, 6) is 2.26. The van der Waals surface area contributed by atoms with E-state index in [1.807, 2.05) is 25.1 Å². The van der Waals surface area contributed by atoms with Crippen LogP contribution in [0.5, 0.6) is 11.5 Å². The van der Waals surface area contributed by atoms with Crippen LogP contribution in [0, 0.1) is 6.92 Å². The Balaban J connectivity index is 2.48. The summed E-state index contributed by atoms with van der Waals surface area (Å²) in [7, 11) is 3.24. The summed E-state index contributed by atoms with van der Waals surface area (Å²) in [6, 6.07) is 5.77. The van der Waals surface area contributed by atoms with E-state index in [1.165, 1.54) is 0 Å². The Morgan fingerprint density at radius 3 is 2.32 bits per heavy atom. The van der Waals surface area contributed by atoms with Gasteiger partial charge in [-0.15, -0.1) is 0 Å². The number of hydrogen-bond donors (Lipinski definition) is 0. The zero-order valence-corrected chi connectivity index (χ0v) is 14.0. The Kier molecular flexibility index (Phi) is 4.58. The van der Waals surface area contributed by atoms with Gasteiger partial charge >= 0.3 is 0 Å². The minimum atomic E-state index is -0.0447. The molecule has 0 amide bonds. The summed E-state index contributed by atoms with van der Waals surface area (Å²) in [4.78, 5) is -0.0447. The van der Waals surface area contributed by atoms with Crippen molar-refractivity contribution in [3.05, 3.63) is 45.8 Å². The highest BCUT2D eigenvalue weighted by Gasteiger charge is 2.21. The summed E-state index contributed by atoms with van der Waals surface area (Å²) >= 11 is 7.22. The van der Waals surface area contributed by atoms with Gasteiger partial charge in [0.15, 0.2) is 11.5 Å². The lowest BCUT2D eigenvalue weighted by atomic mass is 10.1. The van der Waals surface area contributed by atoms with Crippen molar-refractivity contribution < 1.29 is 13.9 Å². The molecule has 0 saturated carbocycles. The molecule has 19 heavy (non-hydrogen) atoms. The van der Waals surface area contributed by atoms with E-state index >= 15 is 0 Å². The predicted octanol–water partition coefficient (Wildman–Crippen LogP) is 4.85. The molecule has 0 aliphatic rings. The molecule has 0 aliphatic heterocycles. The van der Waals surface area contributed by atoms with Gasteiger partial charge in [-0.05, 0) is 36.2 Å². The molecule has 5 heteroatoms. The van der Waals surface area contributed by atoms with E-state index in [0.717, 1.165) is 21.4 Å². The summed E-state index contributed by atoms with van der Waals surface area (Å²) in [6.07, 6.45) is 1.69. The lowest BCUT2D eigenvalue weighted by Crippen LogP contribution is -1.98. The molecule has 3 nitrogen and oxygen atoms in total. The topological polar surface area (TPSA) is 31.6 Å². The molecule has 1 atom stereocenters. The second-order valence-corrected chi connectivity index (χ2v) is 5.83.